The van der Waals surface area contributed by atoms with Crippen LogP contribution in [0.5, 0.6) is 5.75 Å². The molecule has 0 saturated heterocycles. The molecule has 1 fully saturated rings. The summed E-state index contributed by atoms with van der Waals surface area (Å²) in [6, 6.07) is 9.43. The topological polar surface area (TPSA) is 80.3 Å². The molecule has 3 aromatic rings. The Morgan fingerprint density at radius 2 is 1.91 bits per heavy atom. The van der Waals surface area contributed by atoms with Crippen molar-refractivity contribution in [3.8, 4) is 5.75 Å². The van der Waals surface area contributed by atoms with E-state index in [0.717, 1.165) is 16.3 Å². The van der Waals surface area contributed by atoms with E-state index in [9.17, 15) is 14.0 Å². The number of hydrogen-bond acceptors (Lipinski definition) is 5. The van der Waals surface area contributed by atoms with Gasteiger partial charge in [0.15, 0.2) is 11.7 Å². The maximum absolute atomic E-state index is 13.4. The van der Waals surface area contributed by atoms with E-state index in [1.54, 1.807) is 12.1 Å². The van der Waals surface area contributed by atoms with Gasteiger partial charge in [-0.15, -0.1) is 0 Å². The van der Waals surface area contributed by atoms with Gasteiger partial charge in [-0.2, -0.15) is 0 Å². The third-order valence-corrected chi connectivity index (χ3v) is 6.80. The van der Waals surface area contributed by atoms with Gasteiger partial charge in [0.25, 0.3) is 5.91 Å². The number of carbonyl (C=O) groups is 2. The van der Waals surface area contributed by atoms with Crippen LogP contribution < -0.4 is 15.4 Å². The maximum Gasteiger partial charge on any atom is 0.258 e. The lowest BCUT2D eigenvalue weighted by Gasteiger charge is -2.28. The van der Waals surface area contributed by atoms with E-state index >= 15 is 0 Å². The standard InChI is InChI=1S/C22H20Cl2FN3O3S/c23-13-3-8-19-18(9-13)27-22(32-19)28-21(30)12-1-4-14(5-2-12)26-20(29)11-31-15-6-7-16(24)17(25)10-15/h3,6-10,12,14H,1-2,4-5,11H2,(H,26,29)(H,27,28,30). The summed E-state index contributed by atoms with van der Waals surface area (Å²) in [5.41, 5.74) is 0.757. The van der Waals surface area contributed by atoms with Crippen molar-refractivity contribution in [3.05, 3.63) is 52.3 Å². The van der Waals surface area contributed by atoms with Gasteiger partial charge >= 0.3 is 0 Å². The van der Waals surface area contributed by atoms with E-state index in [1.807, 2.05) is 6.07 Å². The molecule has 0 bridgehead atoms. The van der Waals surface area contributed by atoms with Crippen molar-refractivity contribution < 1.29 is 18.7 Å². The van der Waals surface area contributed by atoms with Gasteiger partial charge in [-0.3, -0.25) is 9.59 Å². The molecule has 0 radical (unpaired) electrons. The van der Waals surface area contributed by atoms with Gasteiger partial charge in [-0.25, -0.2) is 9.37 Å². The first-order valence-corrected chi connectivity index (χ1v) is 11.7. The smallest absolute Gasteiger partial charge is 0.258 e. The second-order valence-electron chi connectivity index (χ2n) is 7.60. The number of carbonyl (C=O) groups excluding carboxylic acids is 2. The molecule has 0 aliphatic heterocycles. The number of benzene rings is 2. The molecule has 10 heteroatoms. The van der Waals surface area contributed by atoms with Crippen LogP contribution in [0.1, 0.15) is 25.7 Å². The number of ether oxygens (including phenoxy) is 1. The SMILES string of the molecule is O=C(COc1ccc(Cl)c(F)c1)NC1CCC(C(=O)Nc2nc3cc(Cl)ccc3s2)CC1. The van der Waals surface area contributed by atoms with Gasteiger partial charge in [0.2, 0.25) is 5.91 Å². The second-order valence-corrected chi connectivity index (χ2v) is 9.48. The molecule has 1 aromatic heterocycles. The van der Waals surface area contributed by atoms with Crippen LogP contribution in [0.25, 0.3) is 10.2 Å². The second kappa shape index (κ2) is 10.0. The Balaban J connectivity index is 1.22. The van der Waals surface area contributed by atoms with Crippen molar-refractivity contribution in [1.82, 2.24) is 10.3 Å². The molecule has 168 valence electrons. The quantitative estimate of drug-likeness (QED) is 0.477. The zero-order valence-electron chi connectivity index (χ0n) is 16.9. The number of nitrogens with one attached hydrogen (secondary N) is 2. The lowest BCUT2D eigenvalue weighted by molar-refractivity contribution is -0.124. The Bertz CT molecular complexity index is 1150. The molecule has 1 aliphatic rings. The molecular weight excluding hydrogens is 476 g/mol. The number of amides is 2. The summed E-state index contributed by atoms with van der Waals surface area (Å²) in [5.74, 6) is -0.850. The first kappa shape index (κ1) is 22.8. The number of rotatable bonds is 6. The number of anilines is 1. The summed E-state index contributed by atoms with van der Waals surface area (Å²) in [4.78, 5) is 29.2. The van der Waals surface area contributed by atoms with Gasteiger partial charge in [0.05, 0.1) is 15.2 Å². The minimum atomic E-state index is -0.601. The van der Waals surface area contributed by atoms with Gasteiger partial charge < -0.3 is 15.4 Å². The number of halogens is 3. The molecule has 6 nitrogen and oxygen atoms in total. The molecule has 4 rings (SSSR count). The lowest BCUT2D eigenvalue weighted by Crippen LogP contribution is -2.41. The largest absolute Gasteiger partial charge is 0.484 e. The average Bonchev–Trinajstić information content (AvgIpc) is 3.16. The molecule has 2 amide bonds. The van der Waals surface area contributed by atoms with E-state index < -0.39 is 5.82 Å². The molecular formula is C22H20Cl2FN3O3S. The molecule has 2 aromatic carbocycles. The van der Waals surface area contributed by atoms with Gasteiger partial charge in [0, 0.05) is 23.0 Å². The van der Waals surface area contributed by atoms with Crippen LogP contribution in [-0.4, -0.2) is 29.4 Å². The fraction of sp³-hybridized carbons (Fsp3) is 0.318. The minimum absolute atomic E-state index is 0.00451. The molecule has 2 N–H and O–H groups in total. The van der Waals surface area contributed by atoms with Crippen LogP contribution in [0.4, 0.5) is 9.52 Å². The van der Waals surface area contributed by atoms with E-state index in [2.05, 4.69) is 15.6 Å². The monoisotopic (exact) mass is 495 g/mol. The molecule has 0 spiro atoms. The molecule has 0 unspecified atom stereocenters. The van der Waals surface area contributed by atoms with E-state index in [0.29, 0.717) is 35.8 Å². The number of hydrogen-bond donors (Lipinski definition) is 2. The van der Waals surface area contributed by atoms with Crippen molar-refractivity contribution in [2.24, 2.45) is 5.92 Å². The van der Waals surface area contributed by atoms with Crippen LogP contribution in [-0.2, 0) is 9.59 Å². The Labute approximate surface area is 198 Å². The van der Waals surface area contributed by atoms with Gasteiger partial charge in [0.1, 0.15) is 11.6 Å². The maximum atomic E-state index is 13.4. The average molecular weight is 496 g/mol. The van der Waals surface area contributed by atoms with Gasteiger partial charge in [-0.1, -0.05) is 34.5 Å². The molecule has 1 heterocycles. The van der Waals surface area contributed by atoms with Crippen molar-refractivity contribution in [1.29, 1.82) is 0 Å². The summed E-state index contributed by atoms with van der Waals surface area (Å²) in [7, 11) is 0. The lowest BCUT2D eigenvalue weighted by atomic mass is 9.85. The van der Waals surface area contributed by atoms with Crippen LogP contribution >= 0.6 is 34.5 Å². The first-order valence-electron chi connectivity index (χ1n) is 10.1. The predicted molar refractivity (Wildman–Crippen MR) is 124 cm³/mol. The van der Waals surface area contributed by atoms with Crippen LogP contribution in [0, 0.1) is 11.7 Å². The Morgan fingerprint density at radius 3 is 2.66 bits per heavy atom. The van der Waals surface area contributed by atoms with Crippen LogP contribution in [0.15, 0.2) is 36.4 Å². The highest BCUT2D eigenvalue weighted by molar-refractivity contribution is 7.22. The molecule has 1 aliphatic carbocycles. The number of fused-ring (bicyclic) bond motifs is 1. The summed E-state index contributed by atoms with van der Waals surface area (Å²) in [5, 5.41) is 6.96. The van der Waals surface area contributed by atoms with Crippen molar-refractivity contribution in [3.63, 3.8) is 0 Å². The fourth-order valence-electron chi connectivity index (χ4n) is 3.65. The molecule has 0 atom stereocenters. The minimum Gasteiger partial charge on any atom is -0.484 e. The number of nitrogens with zero attached hydrogens (tertiary/aromatic N) is 1. The normalized spacial score (nSPS) is 18.3. The van der Waals surface area contributed by atoms with E-state index in [-0.39, 0.29) is 41.2 Å². The summed E-state index contributed by atoms with van der Waals surface area (Å²) < 4.78 is 19.7. The third kappa shape index (κ3) is 5.68. The van der Waals surface area contributed by atoms with Crippen molar-refractivity contribution in [2.75, 3.05) is 11.9 Å². The van der Waals surface area contributed by atoms with Crippen LogP contribution in [0.3, 0.4) is 0 Å². The summed E-state index contributed by atoms with van der Waals surface area (Å²) in [6.07, 6.45) is 2.71. The summed E-state index contributed by atoms with van der Waals surface area (Å²) >= 11 is 13.0. The highest BCUT2D eigenvalue weighted by atomic mass is 35.5. The highest BCUT2D eigenvalue weighted by Crippen LogP contribution is 2.30. The number of aromatic nitrogens is 1. The fourth-order valence-corrected chi connectivity index (χ4v) is 4.78. The van der Waals surface area contributed by atoms with Gasteiger partial charge in [-0.05, 0) is 56.0 Å². The summed E-state index contributed by atoms with van der Waals surface area (Å²) in [6.45, 7) is -0.219. The molecule has 32 heavy (non-hydrogen) atoms. The van der Waals surface area contributed by atoms with E-state index in [1.165, 1.54) is 23.5 Å². The number of thiazole rings is 1. The third-order valence-electron chi connectivity index (χ3n) is 5.30. The van der Waals surface area contributed by atoms with Crippen molar-refractivity contribution >= 4 is 61.7 Å². The first-order chi connectivity index (χ1) is 15.4. The predicted octanol–water partition coefficient (Wildman–Crippen LogP) is 5.43. The Hall–Kier alpha value is -2.42. The van der Waals surface area contributed by atoms with Crippen molar-refractivity contribution in [2.45, 2.75) is 31.7 Å². The zero-order valence-corrected chi connectivity index (χ0v) is 19.2. The zero-order chi connectivity index (χ0) is 22.7. The van der Waals surface area contributed by atoms with E-state index in [4.69, 9.17) is 27.9 Å². The molecule has 1 saturated carbocycles. The highest BCUT2D eigenvalue weighted by Gasteiger charge is 2.27. The Kier molecular flexibility index (Phi) is 7.13. The van der Waals surface area contributed by atoms with Crippen LogP contribution in [0.2, 0.25) is 10.0 Å². The Morgan fingerprint density at radius 1 is 1.12 bits per heavy atom.